The Bertz CT molecular complexity index is 2130. The zero-order valence-corrected chi connectivity index (χ0v) is 29.8. The van der Waals surface area contributed by atoms with Crippen LogP contribution in [-0.4, -0.2) is 110 Å². The molecule has 2 aliphatic heterocycles. The molecule has 0 saturated carbocycles. The molecule has 2 aromatic carbocycles. The van der Waals surface area contributed by atoms with Gasteiger partial charge in [-0.15, -0.1) is 0 Å². The van der Waals surface area contributed by atoms with Gasteiger partial charge < -0.3 is 39.3 Å². The van der Waals surface area contributed by atoms with Crippen LogP contribution in [0.2, 0.25) is 0 Å². The first-order valence-corrected chi connectivity index (χ1v) is 18.0. The molecular weight excluding hydrogens is 692 g/mol. The van der Waals surface area contributed by atoms with Gasteiger partial charge in [-0.2, -0.15) is 0 Å². The molecular formula is C40H42N6O8. The summed E-state index contributed by atoms with van der Waals surface area (Å²) in [5, 5.41) is 8.07. The number of carbonyl (C=O) groups excluding carboxylic acids is 3. The molecule has 14 heteroatoms. The van der Waals surface area contributed by atoms with Gasteiger partial charge in [0.1, 0.15) is 12.6 Å². The molecule has 1 unspecified atom stereocenters. The van der Waals surface area contributed by atoms with Crippen LogP contribution in [0.15, 0.2) is 85.5 Å². The number of pyridine rings is 2. The Kier molecular flexibility index (Phi) is 11.8. The Labute approximate surface area is 311 Å². The zero-order valence-electron chi connectivity index (χ0n) is 29.8. The van der Waals surface area contributed by atoms with Crippen molar-refractivity contribution in [1.29, 1.82) is 0 Å². The average molecular weight is 735 g/mol. The first-order valence-electron chi connectivity index (χ1n) is 18.0. The fraction of sp³-hybridized carbons (Fsp3) is 0.325. The Morgan fingerprint density at radius 1 is 0.778 bits per heavy atom. The highest BCUT2D eigenvalue weighted by Crippen LogP contribution is 2.33. The van der Waals surface area contributed by atoms with Crippen LogP contribution >= 0.6 is 0 Å². The number of anilines is 1. The number of hydrogen-bond donors (Lipinski definition) is 3. The number of nitrogens with zero attached hydrogens (tertiary/aromatic N) is 3. The summed E-state index contributed by atoms with van der Waals surface area (Å²) in [5.74, 6) is -0.800. The maximum atomic E-state index is 13.2. The summed E-state index contributed by atoms with van der Waals surface area (Å²) in [4.78, 5) is 51.9. The van der Waals surface area contributed by atoms with Gasteiger partial charge in [0, 0.05) is 70.0 Å². The van der Waals surface area contributed by atoms with E-state index >= 15 is 0 Å². The number of piperidine rings is 1. The molecule has 5 heterocycles. The quantitative estimate of drug-likeness (QED) is 0.0794. The van der Waals surface area contributed by atoms with Crippen LogP contribution in [0.4, 0.5) is 5.69 Å². The van der Waals surface area contributed by atoms with Gasteiger partial charge in [0.2, 0.25) is 11.8 Å². The molecule has 7 rings (SSSR count). The predicted octanol–water partition coefficient (Wildman–Crippen LogP) is 4.72. The molecule has 2 aliphatic rings. The van der Waals surface area contributed by atoms with Crippen LogP contribution in [0.25, 0.3) is 32.9 Å². The molecule has 1 fully saturated rings. The third kappa shape index (κ3) is 8.42. The topological polar surface area (TPSA) is 166 Å². The lowest BCUT2D eigenvalue weighted by Gasteiger charge is -2.29. The summed E-state index contributed by atoms with van der Waals surface area (Å²) in [7, 11) is 0. The van der Waals surface area contributed by atoms with E-state index in [1.54, 1.807) is 30.6 Å². The SMILES string of the molecule is C=C1CCC(N2C(=O)c3cccc(NCCOCCOCCOCCOCCOc4ccc(-c5ccc6c(c5)[nH]c5ccncc56)cn4)c3C2=O)C(=O)N1. The molecule has 280 valence electrons. The van der Waals surface area contributed by atoms with Crippen LogP contribution in [0.1, 0.15) is 33.6 Å². The van der Waals surface area contributed by atoms with Gasteiger partial charge in [-0.1, -0.05) is 24.8 Å². The Morgan fingerprint density at radius 3 is 2.26 bits per heavy atom. The number of ether oxygens (including phenoxy) is 5. The molecule has 0 spiro atoms. The number of allylic oxidation sites excluding steroid dienone is 1. The summed E-state index contributed by atoms with van der Waals surface area (Å²) < 4.78 is 28.1. The highest BCUT2D eigenvalue weighted by molar-refractivity contribution is 6.25. The van der Waals surface area contributed by atoms with Gasteiger partial charge in [-0.3, -0.25) is 24.3 Å². The zero-order chi connectivity index (χ0) is 37.3. The van der Waals surface area contributed by atoms with E-state index in [2.05, 4.69) is 50.4 Å². The van der Waals surface area contributed by atoms with Crippen LogP contribution in [-0.2, 0) is 23.7 Å². The minimum Gasteiger partial charge on any atom is -0.475 e. The fourth-order valence-corrected chi connectivity index (χ4v) is 6.53. The average Bonchev–Trinajstić information content (AvgIpc) is 3.68. The van der Waals surface area contributed by atoms with Gasteiger partial charge in [0.05, 0.1) is 64.0 Å². The maximum Gasteiger partial charge on any atom is 0.264 e. The Morgan fingerprint density at radius 2 is 1.52 bits per heavy atom. The second kappa shape index (κ2) is 17.4. The third-order valence-electron chi connectivity index (χ3n) is 9.21. The third-order valence-corrected chi connectivity index (χ3v) is 9.21. The van der Waals surface area contributed by atoms with Crippen molar-refractivity contribution >= 4 is 45.2 Å². The van der Waals surface area contributed by atoms with Gasteiger partial charge in [0.15, 0.2) is 0 Å². The minimum atomic E-state index is -0.851. The summed E-state index contributed by atoms with van der Waals surface area (Å²) >= 11 is 0. The lowest BCUT2D eigenvalue weighted by molar-refractivity contribution is -0.125. The molecule has 54 heavy (non-hydrogen) atoms. The van der Waals surface area contributed by atoms with E-state index in [9.17, 15) is 14.4 Å². The van der Waals surface area contributed by atoms with Gasteiger partial charge >= 0.3 is 0 Å². The van der Waals surface area contributed by atoms with Gasteiger partial charge in [-0.25, -0.2) is 4.98 Å². The van der Waals surface area contributed by atoms with Crippen molar-refractivity contribution in [3.05, 3.63) is 96.6 Å². The van der Waals surface area contributed by atoms with Crippen LogP contribution in [0.3, 0.4) is 0 Å². The number of fused-ring (bicyclic) bond motifs is 4. The number of H-pyrrole nitrogens is 1. The first kappa shape index (κ1) is 36.7. The molecule has 1 atom stereocenters. The monoisotopic (exact) mass is 734 g/mol. The number of aromatic amines is 1. The first-order chi connectivity index (χ1) is 26.5. The van der Waals surface area contributed by atoms with E-state index in [0.29, 0.717) is 96.1 Å². The molecule has 0 radical (unpaired) electrons. The van der Waals surface area contributed by atoms with Crippen molar-refractivity contribution in [2.75, 3.05) is 71.3 Å². The normalized spacial score (nSPS) is 15.6. The van der Waals surface area contributed by atoms with E-state index in [-0.39, 0.29) is 11.1 Å². The number of nitrogens with one attached hydrogen (secondary N) is 3. The van der Waals surface area contributed by atoms with E-state index in [0.717, 1.165) is 37.8 Å². The molecule has 5 aromatic rings. The summed E-state index contributed by atoms with van der Waals surface area (Å²) in [6, 6.07) is 16.3. The Balaban J connectivity index is 0.699. The second-order valence-electron chi connectivity index (χ2n) is 12.8. The Hall–Kier alpha value is -5.67. The summed E-state index contributed by atoms with van der Waals surface area (Å²) in [5.41, 5.74) is 5.85. The standard InChI is InChI=1S/C40H42N6O8/c1-26-5-9-35(38(47)44-26)46-39(48)30-3-2-4-33(37(30)40(46)49)42-13-14-50-15-16-51-17-18-52-19-20-53-21-22-54-36-10-7-28(24-43-36)27-6-8-29-31-25-41-12-11-32(31)45-34(29)23-27/h2-4,6-8,10-12,23-25,35,42,45H,1,5,9,13-22H2,(H,44,47). The van der Waals surface area contributed by atoms with Crippen LogP contribution in [0, 0.1) is 0 Å². The number of carbonyl (C=O) groups is 3. The smallest absolute Gasteiger partial charge is 0.264 e. The van der Waals surface area contributed by atoms with Crippen molar-refractivity contribution in [2.24, 2.45) is 0 Å². The molecule has 14 nitrogen and oxygen atoms in total. The van der Waals surface area contributed by atoms with Gasteiger partial charge in [-0.05, 0) is 48.7 Å². The van der Waals surface area contributed by atoms with Crippen molar-refractivity contribution in [3.8, 4) is 17.0 Å². The minimum absolute atomic E-state index is 0.274. The highest BCUT2D eigenvalue weighted by Gasteiger charge is 2.45. The molecule has 3 amide bonds. The lowest BCUT2D eigenvalue weighted by Crippen LogP contribution is -2.51. The van der Waals surface area contributed by atoms with E-state index in [1.807, 2.05) is 24.4 Å². The van der Waals surface area contributed by atoms with Gasteiger partial charge in [0.25, 0.3) is 11.8 Å². The number of benzene rings is 2. The molecule has 1 saturated heterocycles. The molecule has 0 aliphatic carbocycles. The molecule has 3 N–H and O–H groups in total. The summed E-state index contributed by atoms with van der Waals surface area (Å²) in [6.07, 6.45) is 6.33. The van der Waals surface area contributed by atoms with Crippen LogP contribution < -0.4 is 15.4 Å². The second-order valence-corrected chi connectivity index (χ2v) is 12.8. The van der Waals surface area contributed by atoms with Crippen molar-refractivity contribution in [2.45, 2.75) is 18.9 Å². The summed E-state index contributed by atoms with van der Waals surface area (Å²) in [6.45, 7) is 7.87. The van der Waals surface area contributed by atoms with E-state index in [1.165, 1.54) is 0 Å². The van der Waals surface area contributed by atoms with Crippen molar-refractivity contribution < 1.29 is 38.1 Å². The molecule has 0 bridgehead atoms. The number of amides is 3. The number of aromatic nitrogens is 3. The number of hydrogen-bond acceptors (Lipinski definition) is 11. The van der Waals surface area contributed by atoms with Crippen molar-refractivity contribution in [3.63, 3.8) is 0 Å². The largest absolute Gasteiger partial charge is 0.475 e. The maximum absolute atomic E-state index is 13.2. The van der Waals surface area contributed by atoms with Crippen LogP contribution in [0.5, 0.6) is 5.88 Å². The van der Waals surface area contributed by atoms with E-state index in [4.69, 9.17) is 23.7 Å². The predicted molar refractivity (Wildman–Crippen MR) is 201 cm³/mol. The number of imide groups is 1. The number of rotatable bonds is 19. The molecule has 3 aromatic heterocycles. The lowest BCUT2D eigenvalue weighted by atomic mass is 10.0. The highest BCUT2D eigenvalue weighted by atomic mass is 16.6. The van der Waals surface area contributed by atoms with E-state index < -0.39 is 23.8 Å². The fourth-order valence-electron chi connectivity index (χ4n) is 6.53. The van der Waals surface area contributed by atoms with Crippen molar-refractivity contribution in [1.82, 2.24) is 25.2 Å².